The van der Waals surface area contributed by atoms with E-state index in [2.05, 4.69) is 30.8 Å². The average molecular weight is 481 g/mol. The third kappa shape index (κ3) is 5.92. The molecule has 3 aromatic rings. The number of nitrogens with zero attached hydrogens (tertiary/aromatic N) is 3. The maximum Gasteiger partial charge on any atom is 0.326 e. The lowest BCUT2D eigenvalue weighted by atomic mass is 10.0. The highest BCUT2D eigenvalue weighted by atomic mass is 16.4. The van der Waals surface area contributed by atoms with Crippen LogP contribution in [0.15, 0.2) is 34.9 Å². The molecule has 2 heterocycles. The van der Waals surface area contributed by atoms with Crippen molar-refractivity contribution in [2.24, 2.45) is 11.8 Å². The van der Waals surface area contributed by atoms with Crippen LogP contribution in [0.5, 0.6) is 0 Å². The minimum absolute atomic E-state index is 0.0898. The molecule has 0 radical (unpaired) electrons. The highest BCUT2D eigenvalue weighted by Crippen LogP contribution is 2.32. The number of benzene rings is 1. The minimum Gasteiger partial charge on any atom is -0.480 e. The van der Waals surface area contributed by atoms with Crippen LogP contribution in [-0.4, -0.2) is 55.1 Å². The van der Waals surface area contributed by atoms with Crippen LogP contribution in [0.2, 0.25) is 0 Å². The maximum absolute atomic E-state index is 12.5. The molecular weight excluding hydrogens is 452 g/mol. The molecule has 2 unspecified atom stereocenters. The summed E-state index contributed by atoms with van der Waals surface area (Å²) in [6.45, 7) is 5.73. The van der Waals surface area contributed by atoms with Crippen molar-refractivity contribution in [3.63, 3.8) is 0 Å². The van der Waals surface area contributed by atoms with Gasteiger partial charge in [0.2, 0.25) is 17.5 Å². The second-order valence-corrected chi connectivity index (χ2v) is 9.21. The Labute approximate surface area is 201 Å². The number of carbonyl (C=O) groups is 3. The summed E-state index contributed by atoms with van der Waals surface area (Å²) in [5.41, 5.74) is 1.19. The van der Waals surface area contributed by atoms with Gasteiger partial charge in [0.25, 0.3) is 11.8 Å². The number of aromatic amines is 1. The van der Waals surface area contributed by atoms with Crippen LogP contribution in [0.1, 0.15) is 61.2 Å². The van der Waals surface area contributed by atoms with Gasteiger partial charge in [0.15, 0.2) is 5.82 Å². The molecule has 184 valence electrons. The first-order chi connectivity index (χ1) is 16.7. The Morgan fingerprint density at radius 3 is 2.57 bits per heavy atom. The Morgan fingerprint density at radius 2 is 1.89 bits per heavy atom. The zero-order chi connectivity index (χ0) is 25.1. The lowest BCUT2D eigenvalue weighted by Gasteiger charge is -2.15. The summed E-state index contributed by atoms with van der Waals surface area (Å²) >= 11 is 0. The first-order valence-corrected chi connectivity index (χ1v) is 11.5. The topological polar surface area (TPSA) is 163 Å². The maximum atomic E-state index is 12.5. The van der Waals surface area contributed by atoms with Gasteiger partial charge < -0.3 is 20.2 Å². The lowest BCUT2D eigenvalue weighted by molar-refractivity contribution is -0.139. The Morgan fingerprint density at radius 1 is 1.14 bits per heavy atom. The van der Waals surface area contributed by atoms with E-state index in [1.165, 1.54) is 6.20 Å². The van der Waals surface area contributed by atoms with Gasteiger partial charge in [-0.25, -0.2) is 14.8 Å². The second-order valence-electron chi connectivity index (χ2n) is 9.21. The van der Waals surface area contributed by atoms with Crippen LogP contribution >= 0.6 is 0 Å². The molecule has 0 saturated heterocycles. The van der Waals surface area contributed by atoms with E-state index in [1.54, 1.807) is 24.3 Å². The summed E-state index contributed by atoms with van der Waals surface area (Å²) in [5, 5.41) is 21.6. The van der Waals surface area contributed by atoms with Gasteiger partial charge in [0.05, 0.1) is 6.20 Å². The Balaban J connectivity index is 1.46. The molecule has 4 N–H and O–H groups in total. The van der Waals surface area contributed by atoms with Crippen molar-refractivity contribution in [1.29, 1.82) is 0 Å². The number of oxazole rings is 1. The molecule has 1 aromatic carbocycles. The molecule has 35 heavy (non-hydrogen) atoms. The first kappa shape index (κ1) is 24.1. The quantitative estimate of drug-likeness (QED) is 0.344. The fraction of sp³-hybridized carbons (Fsp3) is 0.417. The van der Waals surface area contributed by atoms with Crippen molar-refractivity contribution in [3.8, 4) is 22.8 Å². The second kappa shape index (κ2) is 10.1. The molecule has 0 bridgehead atoms. The number of carboxylic acids is 1. The minimum atomic E-state index is -1.11. The SMILES string of the molecule is CC(C)CC(NC(=O)c1cnc(-c2cccc(-c3n[nH]c(C(=O)NC(C)C4CC4)n3)c2)o1)C(=O)O. The number of amides is 2. The summed E-state index contributed by atoms with van der Waals surface area (Å²) in [7, 11) is 0. The zero-order valence-corrected chi connectivity index (χ0v) is 19.7. The molecule has 2 aromatic heterocycles. The van der Waals surface area contributed by atoms with Crippen LogP contribution in [0.4, 0.5) is 0 Å². The molecular formula is C24H28N6O5. The Hall–Kier alpha value is -4.02. The van der Waals surface area contributed by atoms with E-state index in [4.69, 9.17) is 4.42 Å². The van der Waals surface area contributed by atoms with Gasteiger partial charge in [-0.05, 0) is 50.2 Å². The van der Waals surface area contributed by atoms with Crippen LogP contribution in [0.3, 0.4) is 0 Å². The number of hydrogen-bond donors (Lipinski definition) is 4. The van der Waals surface area contributed by atoms with Crippen LogP contribution in [0, 0.1) is 11.8 Å². The largest absolute Gasteiger partial charge is 0.480 e. The smallest absolute Gasteiger partial charge is 0.326 e. The van der Waals surface area contributed by atoms with E-state index in [0.717, 1.165) is 12.8 Å². The average Bonchev–Trinajstić information content (AvgIpc) is 3.34. The van der Waals surface area contributed by atoms with Crippen molar-refractivity contribution in [2.75, 3.05) is 0 Å². The molecule has 1 saturated carbocycles. The number of hydrogen-bond acceptors (Lipinski definition) is 7. The zero-order valence-electron chi connectivity index (χ0n) is 19.7. The van der Waals surface area contributed by atoms with Gasteiger partial charge in [-0.2, -0.15) is 5.10 Å². The third-order valence-electron chi connectivity index (χ3n) is 5.80. The molecule has 11 nitrogen and oxygen atoms in total. The molecule has 2 amide bonds. The predicted molar refractivity (Wildman–Crippen MR) is 125 cm³/mol. The number of nitrogens with one attached hydrogen (secondary N) is 3. The van der Waals surface area contributed by atoms with E-state index in [1.807, 2.05) is 20.8 Å². The summed E-state index contributed by atoms with van der Waals surface area (Å²) in [4.78, 5) is 44.8. The highest BCUT2D eigenvalue weighted by molar-refractivity contribution is 5.94. The van der Waals surface area contributed by atoms with Gasteiger partial charge in [0, 0.05) is 17.2 Å². The number of aromatic nitrogens is 4. The van der Waals surface area contributed by atoms with E-state index in [9.17, 15) is 19.5 Å². The predicted octanol–water partition coefficient (Wildman–Crippen LogP) is 2.88. The molecule has 11 heteroatoms. The van der Waals surface area contributed by atoms with Gasteiger partial charge in [-0.3, -0.25) is 14.7 Å². The van der Waals surface area contributed by atoms with Crippen LogP contribution in [0.25, 0.3) is 22.8 Å². The van der Waals surface area contributed by atoms with Crippen LogP contribution < -0.4 is 10.6 Å². The third-order valence-corrected chi connectivity index (χ3v) is 5.80. The monoisotopic (exact) mass is 480 g/mol. The summed E-state index contributed by atoms with van der Waals surface area (Å²) in [6.07, 6.45) is 3.79. The first-order valence-electron chi connectivity index (χ1n) is 11.5. The summed E-state index contributed by atoms with van der Waals surface area (Å²) < 4.78 is 5.59. The molecule has 0 spiro atoms. The lowest BCUT2D eigenvalue weighted by Crippen LogP contribution is -2.41. The number of carbonyl (C=O) groups excluding carboxylic acids is 2. The van der Waals surface area contributed by atoms with E-state index in [0.29, 0.717) is 29.3 Å². The standard InChI is InChI=1S/C24H28N6O5/c1-12(2)9-17(24(33)34)27-21(31)18-11-25-23(35-18)16-6-4-5-15(10-16)19-28-20(30-29-19)22(32)26-13(3)14-7-8-14/h4-6,10-14,17H,7-9H2,1-3H3,(H,26,32)(H,27,31)(H,33,34)(H,28,29,30). The molecule has 1 aliphatic carbocycles. The fourth-order valence-electron chi connectivity index (χ4n) is 3.71. The van der Waals surface area contributed by atoms with Crippen molar-refractivity contribution in [1.82, 2.24) is 30.8 Å². The molecule has 4 rings (SSSR count). The summed E-state index contributed by atoms with van der Waals surface area (Å²) in [5.74, 6) is -0.911. The van der Waals surface area contributed by atoms with Crippen molar-refractivity contribution in [2.45, 2.75) is 52.1 Å². The molecule has 0 aliphatic heterocycles. The molecule has 2 atom stereocenters. The Bertz CT molecular complexity index is 1230. The van der Waals surface area contributed by atoms with Gasteiger partial charge in [-0.15, -0.1) is 0 Å². The van der Waals surface area contributed by atoms with E-state index >= 15 is 0 Å². The van der Waals surface area contributed by atoms with Gasteiger partial charge in [-0.1, -0.05) is 26.0 Å². The van der Waals surface area contributed by atoms with Crippen molar-refractivity contribution in [3.05, 3.63) is 42.0 Å². The van der Waals surface area contributed by atoms with E-state index in [-0.39, 0.29) is 35.3 Å². The number of H-pyrrole nitrogens is 1. The normalized spacial score (nSPS) is 15.0. The van der Waals surface area contributed by atoms with E-state index < -0.39 is 17.9 Å². The van der Waals surface area contributed by atoms with Crippen molar-refractivity contribution >= 4 is 17.8 Å². The number of aliphatic carboxylic acids is 1. The fourth-order valence-corrected chi connectivity index (χ4v) is 3.71. The number of rotatable bonds is 10. The molecule has 1 fully saturated rings. The van der Waals surface area contributed by atoms with Crippen LogP contribution in [-0.2, 0) is 4.79 Å². The van der Waals surface area contributed by atoms with Gasteiger partial charge >= 0.3 is 5.97 Å². The number of carboxylic acid groups (broad SMARTS) is 1. The summed E-state index contributed by atoms with van der Waals surface area (Å²) in [6, 6.07) is 6.07. The van der Waals surface area contributed by atoms with Gasteiger partial charge in [0.1, 0.15) is 6.04 Å². The van der Waals surface area contributed by atoms with Crippen molar-refractivity contribution < 1.29 is 23.9 Å². The molecule has 1 aliphatic rings. The highest BCUT2D eigenvalue weighted by Gasteiger charge is 2.30. The Kier molecular flexibility index (Phi) is 6.94.